The Hall–Kier alpha value is -3.02. The van der Waals surface area contributed by atoms with Crippen LogP contribution in [0.1, 0.15) is 11.1 Å². The topological polar surface area (TPSA) is 57.1 Å². The first-order chi connectivity index (χ1) is 14.0. The second kappa shape index (κ2) is 9.45. The highest BCUT2D eigenvalue weighted by molar-refractivity contribution is 6.37. The number of carbonyl (C=O) groups is 1. The van der Waals surface area contributed by atoms with Gasteiger partial charge in [-0.2, -0.15) is 0 Å². The first-order valence-corrected chi connectivity index (χ1v) is 9.37. The van der Waals surface area contributed by atoms with E-state index in [4.69, 9.17) is 37.4 Å². The maximum Gasteiger partial charge on any atom is 0.363 e. The van der Waals surface area contributed by atoms with Gasteiger partial charge in [-0.1, -0.05) is 48.5 Å². The Bertz CT molecular complexity index is 1030. The molecular weight excluding hydrogens is 413 g/mol. The lowest BCUT2D eigenvalue weighted by Crippen LogP contribution is -2.06. The SMILES string of the molecule is C=CCOc1ccc(/C=C2/N=C(c3ccc(Cl)cc3Cl)OC2=O)c(OCC=C)c1. The summed E-state index contributed by atoms with van der Waals surface area (Å²) in [5.74, 6) is 0.646. The number of nitrogens with zero attached hydrogens (tertiary/aromatic N) is 1. The normalized spacial score (nSPS) is 14.3. The van der Waals surface area contributed by atoms with E-state index in [-0.39, 0.29) is 11.6 Å². The lowest BCUT2D eigenvalue weighted by molar-refractivity contribution is -0.129. The molecule has 0 radical (unpaired) electrons. The fourth-order valence-corrected chi connectivity index (χ4v) is 2.98. The average Bonchev–Trinajstić information content (AvgIpc) is 3.06. The summed E-state index contributed by atoms with van der Waals surface area (Å²) in [6.45, 7) is 7.93. The third-order valence-electron chi connectivity index (χ3n) is 3.78. The number of aliphatic imine (C=N–C) groups is 1. The van der Waals surface area contributed by atoms with E-state index < -0.39 is 5.97 Å². The Labute approximate surface area is 178 Å². The number of benzene rings is 2. The van der Waals surface area contributed by atoms with Crippen molar-refractivity contribution >= 4 is 41.1 Å². The van der Waals surface area contributed by atoms with Crippen LogP contribution in [-0.4, -0.2) is 25.1 Å². The number of rotatable bonds is 8. The van der Waals surface area contributed by atoms with Crippen LogP contribution in [0.3, 0.4) is 0 Å². The first kappa shape index (κ1) is 20.7. The van der Waals surface area contributed by atoms with Crippen LogP contribution in [0.4, 0.5) is 0 Å². The fraction of sp³-hybridized carbons (Fsp3) is 0.0909. The Morgan fingerprint density at radius 2 is 1.79 bits per heavy atom. The van der Waals surface area contributed by atoms with E-state index in [1.807, 2.05) is 0 Å². The van der Waals surface area contributed by atoms with Crippen LogP contribution in [0.15, 0.2) is 72.4 Å². The number of halogens is 2. The fourth-order valence-electron chi connectivity index (χ4n) is 2.49. The van der Waals surface area contributed by atoms with Crippen molar-refractivity contribution in [3.63, 3.8) is 0 Å². The molecule has 0 amide bonds. The van der Waals surface area contributed by atoms with Gasteiger partial charge in [-0.05, 0) is 36.4 Å². The number of esters is 1. The molecule has 0 saturated carbocycles. The number of hydrogen-bond acceptors (Lipinski definition) is 5. The highest BCUT2D eigenvalue weighted by atomic mass is 35.5. The van der Waals surface area contributed by atoms with E-state index in [9.17, 15) is 4.79 Å². The molecule has 0 unspecified atom stereocenters. The molecule has 5 nitrogen and oxygen atoms in total. The van der Waals surface area contributed by atoms with E-state index in [0.29, 0.717) is 45.9 Å². The second-order valence-electron chi connectivity index (χ2n) is 5.86. The second-order valence-corrected chi connectivity index (χ2v) is 6.70. The molecule has 0 atom stereocenters. The summed E-state index contributed by atoms with van der Waals surface area (Å²) in [6.07, 6.45) is 4.85. The summed E-state index contributed by atoms with van der Waals surface area (Å²) < 4.78 is 16.5. The monoisotopic (exact) mass is 429 g/mol. The van der Waals surface area contributed by atoms with Gasteiger partial charge in [0, 0.05) is 16.7 Å². The Morgan fingerprint density at radius 3 is 2.52 bits per heavy atom. The molecule has 29 heavy (non-hydrogen) atoms. The molecule has 1 aliphatic rings. The number of cyclic esters (lactones) is 1. The Balaban J connectivity index is 1.95. The average molecular weight is 430 g/mol. The van der Waals surface area contributed by atoms with Crippen LogP contribution in [-0.2, 0) is 9.53 Å². The van der Waals surface area contributed by atoms with Crippen molar-refractivity contribution in [2.45, 2.75) is 0 Å². The van der Waals surface area contributed by atoms with Crippen LogP contribution in [0.2, 0.25) is 10.0 Å². The molecule has 3 rings (SSSR count). The molecule has 0 fully saturated rings. The van der Waals surface area contributed by atoms with E-state index in [0.717, 1.165) is 0 Å². The summed E-state index contributed by atoms with van der Waals surface area (Å²) in [6, 6.07) is 10.1. The molecule has 148 valence electrons. The van der Waals surface area contributed by atoms with Crippen LogP contribution in [0.5, 0.6) is 11.5 Å². The Kier molecular flexibility index (Phi) is 6.75. The molecule has 0 aliphatic carbocycles. The minimum absolute atomic E-state index is 0.113. The van der Waals surface area contributed by atoms with Gasteiger partial charge in [0.25, 0.3) is 0 Å². The summed E-state index contributed by atoms with van der Waals surface area (Å²) in [5, 5.41) is 0.811. The summed E-state index contributed by atoms with van der Waals surface area (Å²) >= 11 is 12.1. The van der Waals surface area contributed by atoms with Crippen molar-refractivity contribution < 1.29 is 19.0 Å². The lowest BCUT2D eigenvalue weighted by Gasteiger charge is -2.10. The van der Waals surface area contributed by atoms with Gasteiger partial charge in [0.05, 0.1) is 10.6 Å². The van der Waals surface area contributed by atoms with Crippen molar-refractivity contribution in [2.24, 2.45) is 4.99 Å². The van der Waals surface area contributed by atoms with Crippen LogP contribution < -0.4 is 9.47 Å². The predicted octanol–water partition coefficient (Wildman–Crippen LogP) is 5.47. The highest BCUT2D eigenvalue weighted by Gasteiger charge is 2.26. The van der Waals surface area contributed by atoms with Gasteiger partial charge in [0.2, 0.25) is 5.90 Å². The van der Waals surface area contributed by atoms with Gasteiger partial charge in [0.1, 0.15) is 24.7 Å². The zero-order valence-electron chi connectivity index (χ0n) is 15.4. The molecule has 1 aliphatic heterocycles. The minimum atomic E-state index is -0.590. The number of ether oxygens (including phenoxy) is 3. The molecule has 0 saturated heterocycles. The van der Waals surface area contributed by atoms with Crippen LogP contribution >= 0.6 is 23.2 Å². The molecular formula is C22H17Cl2NO4. The van der Waals surface area contributed by atoms with Crippen LogP contribution in [0, 0.1) is 0 Å². The smallest absolute Gasteiger partial charge is 0.363 e. The molecule has 2 aromatic rings. The molecule has 0 bridgehead atoms. The van der Waals surface area contributed by atoms with Crippen molar-refractivity contribution in [3.05, 3.63) is 88.6 Å². The molecule has 0 aromatic heterocycles. The van der Waals surface area contributed by atoms with Gasteiger partial charge in [-0.15, -0.1) is 0 Å². The van der Waals surface area contributed by atoms with Crippen molar-refractivity contribution in [2.75, 3.05) is 13.2 Å². The maximum absolute atomic E-state index is 12.3. The van der Waals surface area contributed by atoms with Crippen molar-refractivity contribution in [1.82, 2.24) is 0 Å². The van der Waals surface area contributed by atoms with E-state index in [1.165, 1.54) is 0 Å². The zero-order chi connectivity index (χ0) is 20.8. The maximum atomic E-state index is 12.3. The van der Waals surface area contributed by atoms with Crippen LogP contribution in [0.25, 0.3) is 6.08 Å². The van der Waals surface area contributed by atoms with Gasteiger partial charge in [-0.25, -0.2) is 9.79 Å². The predicted molar refractivity (Wildman–Crippen MR) is 115 cm³/mol. The summed E-state index contributed by atoms with van der Waals surface area (Å²) in [4.78, 5) is 16.6. The van der Waals surface area contributed by atoms with Gasteiger partial charge < -0.3 is 14.2 Å². The van der Waals surface area contributed by atoms with Crippen molar-refractivity contribution in [1.29, 1.82) is 0 Å². The molecule has 7 heteroatoms. The molecule has 1 heterocycles. The molecule has 0 N–H and O–H groups in total. The highest BCUT2D eigenvalue weighted by Crippen LogP contribution is 2.30. The first-order valence-electron chi connectivity index (χ1n) is 8.61. The van der Waals surface area contributed by atoms with E-state index in [2.05, 4.69) is 18.2 Å². The van der Waals surface area contributed by atoms with Gasteiger partial charge >= 0.3 is 5.97 Å². The minimum Gasteiger partial charge on any atom is -0.489 e. The lowest BCUT2D eigenvalue weighted by atomic mass is 10.1. The third-order valence-corrected chi connectivity index (χ3v) is 4.33. The third kappa shape index (κ3) is 5.08. The van der Waals surface area contributed by atoms with Gasteiger partial charge in [-0.3, -0.25) is 0 Å². The largest absolute Gasteiger partial charge is 0.489 e. The molecule has 2 aromatic carbocycles. The number of hydrogen-bond donors (Lipinski definition) is 0. The van der Waals surface area contributed by atoms with E-state index in [1.54, 1.807) is 54.6 Å². The summed E-state index contributed by atoms with van der Waals surface area (Å²) in [5.41, 5.74) is 1.23. The summed E-state index contributed by atoms with van der Waals surface area (Å²) in [7, 11) is 0. The number of carbonyl (C=O) groups excluding carboxylic acids is 1. The Morgan fingerprint density at radius 1 is 1.03 bits per heavy atom. The van der Waals surface area contributed by atoms with Gasteiger partial charge in [0.15, 0.2) is 5.70 Å². The standard InChI is InChI=1S/C22H17Cl2NO4/c1-3-9-27-16-7-5-14(20(13-16)28-10-4-2)11-19-22(26)29-21(25-19)17-8-6-15(23)12-18(17)24/h3-8,11-13H,1-2,9-10H2/b19-11+. The van der Waals surface area contributed by atoms with Crippen molar-refractivity contribution in [3.8, 4) is 11.5 Å². The zero-order valence-corrected chi connectivity index (χ0v) is 16.9. The quantitative estimate of drug-likeness (QED) is 0.317. The molecule has 0 spiro atoms. The van der Waals surface area contributed by atoms with E-state index >= 15 is 0 Å².